The third kappa shape index (κ3) is 13.4. The molecule has 14 N–H and O–H groups in total. The lowest BCUT2D eigenvalue weighted by Crippen LogP contribution is -2.64. The fourth-order valence-electron chi connectivity index (χ4n) is 4.14. The Morgan fingerprint density at radius 1 is 0.750 bits per heavy atom. The quantitative estimate of drug-likeness (QED) is 0.0480. The van der Waals surface area contributed by atoms with Gasteiger partial charge in [-0.1, -0.05) is 30.3 Å². The van der Waals surface area contributed by atoms with Gasteiger partial charge in [-0.15, -0.1) is 0 Å². The van der Waals surface area contributed by atoms with Gasteiger partial charge in [0.05, 0.1) is 0 Å². The second-order valence-corrected chi connectivity index (χ2v) is 11.1. The Labute approximate surface area is 257 Å². The zero-order valence-corrected chi connectivity index (χ0v) is 25.8. The molecule has 16 heteroatoms. The molecule has 1 aromatic carbocycles. The smallest absolute Gasteiger partial charge is 0.245 e. The van der Waals surface area contributed by atoms with Gasteiger partial charge < -0.3 is 49.9 Å². The molecule has 0 saturated heterocycles. The fourth-order valence-corrected chi connectivity index (χ4v) is 4.14. The van der Waals surface area contributed by atoms with E-state index in [1.807, 2.05) is 6.07 Å². The minimum Gasteiger partial charge on any atom is -0.370 e. The average molecular weight is 618 g/mol. The van der Waals surface area contributed by atoms with Crippen LogP contribution >= 0.6 is 0 Å². The Balaban J connectivity index is 3.12. The maximum atomic E-state index is 13.5. The summed E-state index contributed by atoms with van der Waals surface area (Å²) < 4.78 is 0. The number of nitrogens with zero attached hydrogens (tertiary/aromatic N) is 2. The molecule has 0 aromatic heterocycles. The summed E-state index contributed by atoms with van der Waals surface area (Å²) in [7, 11) is 0. The normalized spacial score (nSPS) is 13.6. The van der Waals surface area contributed by atoms with Crippen LogP contribution in [-0.4, -0.2) is 77.7 Å². The van der Waals surface area contributed by atoms with Crippen LogP contribution in [0.5, 0.6) is 0 Å². The zero-order chi connectivity index (χ0) is 33.5. The van der Waals surface area contributed by atoms with Gasteiger partial charge in [0.1, 0.15) is 23.2 Å². The highest BCUT2D eigenvalue weighted by atomic mass is 16.2. The van der Waals surface area contributed by atoms with Crippen LogP contribution in [0.15, 0.2) is 40.3 Å². The predicted octanol–water partition coefficient (Wildman–Crippen LogP) is -2.42. The van der Waals surface area contributed by atoms with E-state index >= 15 is 0 Å². The maximum absolute atomic E-state index is 13.5. The second kappa shape index (κ2) is 17.3. The molecule has 3 unspecified atom stereocenters. The molecule has 1 aromatic rings. The number of aliphatic imine (C=N–C) groups is 2. The van der Waals surface area contributed by atoms with Crippen LogP contribution in [-0.2, 0) is 30.4 Å². The van der Waals surface area contributed by atoms with Crippen LogP contribution in [0.4, 0.5) is 0 Å². The minimum atomic E-state index is -1.52. The van der Waals surface area contributed by atoms with Gasteiger partial charge in [-0.3, -0.25) is 34.0 Å². The van der Waals surface area contributed by atoms with Crippen molar-refractivity contribution in [2.75, 3.05) is 13.1 Å². The van der Waals surface area contributed by atoms with Crippen molar-refractivity contribution in [3.05, 3.63) is 35.9 Å². The molecule has 3 atom stereocenters. The van der Waals surface area contributed by atoms with E-state index < -0.39 is 52.7 Å². The summed E-state index contributed by atoms with van der Waals surface area (Å²) in [5, 5.41) is 10.5. The van der Waals surface area contributed by atoms with Crippen LogP contribution in [0.3, 0.4) is 0 Å². The Morgan fingerprint density at radius 2 is 1.23 bits per heavy atom. The zero-order valence-electron chi connectivity index (χ0n) is 25.8. The first-order valence-corrected chi connectivity index (χ1v) is 14.1. The molecule has 0 spiro atoms. The van der Waals surface area contributed by atoms with E-state index in [9.17, 15) is 24.0 Å². The lowest BCUT2D eigenvalue weighted by molar-refractivity contribution is -0.137. The van der Waals surface area contributed by atoms with Crippen molar-refractivity contribution >= 4 is 41.5 Å². The number of hydrogen-bond donors (Lipinski definition) is 9. The van der Waals surface area contributed by atoms with Gasteiger partial charge in [-0.25, -0.2) is 0 Å². The summed E-state index contributed by atoms with van der Waals surface area (Å²) in [6.07, 6.45) is 1.08. The number of carbonyl (C=O) groups excluding carboxylic acids is 5. The van der Waals surface area contributed by atoms with E-state index in [0.29, 0.717) is 12.8 Å². The maximum Gasteiger partial charge on any atom is 0.245 e. The molecule has 5 amide bonds. The molecule has 16 nitrogen and oxygen atoms in total. The molecule has 0 fully saturated rings. The molecule has 0 bridgehead atoms. The standard InChI is InChI=1S/C28H47N11O5/c1-17(40)36-19(12-8-14-34-25(30)31)21(41)38-27(2,3)24(44)37-20(13-9-15-35-26(32)33)22(42)39-28(4,23(29)43)16-18-10-6-5-7-11-18/h5-7,10-11,19-20H,8-9,12-16H2,1-4H3,(H2,29,43)(H,36,40)(H,37,44)(H,38,41)(H,39,42)(H4,30,31,34)(H4,32,33,35). The van der Waals surface area contributed by atoms with Crippen LogP contribution in [0.2, 0.25) is 0 Å². The van der Waals surface area contributed by atoms with E-state index in [2.05, 4.69) is 31.3 Å². The van der Waals surface area contributed by atoms with Crippen molar-refractivity contribution in [3.63, 3.8) is 0 Å². The predicted molar refractivity (Wildman–Crippen MR) is 167 cm³/mol. The van der Waals surface area contributed by atoms with E-state index in [-0.39, 0.29) is 44.3 Å². The lowest BCUT2D eigenvalue weighted by atomic mass is 9.91. The molecule has 44 heavy (non-hydrogen) atoms. The third-order valence-corrected chi connectivity index (χ3v) is 6.55. The number of hydrogen-bond acceptors (Lipinski definition) is 7. The first kappa shape index (κ1) is 37.1. The molecular weight excluding hydrogens is 570 g/mol. The number of benzene rings is 1. The van der Waals surface area contributed by atoms with Crippen LogP contribution in [0.25, 0.3) is 0 Å². The highest BCUT2D eigenvalue weighted by molar-refractivity contribution is 5.97. The summed E-state index contributed by atoms with van der Waals surface area (Å²) >= 11 is 0. The summed E-state index contributed by atoms with van der Waals surface area (Å²) in [6.45, 7) is 6.07. The Morgan fingerprint density at radius 3 is 1.68 bits per heavy atom. The van der Waals surface area contributed by atoms with E-state index in [1.165, 1.54) is 27.7 Å². The number of carbonyl (C=O) groups is 5. The number of nitrogens with two attached hydrogens (primary N) is 5. The van der Waals surface area contributed by atoms with E-state index in [4.69, 9.17) is 28.7 Å². The topological polar surface area (TPSA) is 288 Å². The Hall–Kier alpha value is -4.89. The average Bonchev–Trinajstić information content (AvgIpc) is 2.91. The van der Waals surface area contributed by atoms with E-state index in [0.717, 1.165) is 5.56 Å². The summed E-state index contributed by atoms with van der Waals surface area (Å²) in [5.41, 5.74) is 24.9. The second-order valence-electron chi connectivity index (χ2n) is 11.1. The van der Waals surface area contributed by atoms with Gasteiger partial charge in [-0.2, -0.15) is 0 Å². The number of primary amides is 1. The highest BCUT2D eigenvalue weighted by Gasteiger charge is 2.38. The van der Waals surface area contributed by atoms with Crippen LogP contribution in [0.1, 0.15) is 58.9 Å². The van der Waals surface area contributed by atoms with Gasteiger partial charge in [0.15, 0.2) is 11.9 Å². The SMILES string of the molecule is CC(=O)NC(CCCN=C(N)N)C(=O)NC(C)(C)C(=O)NC(CCCN=C(N)N)C(=O)NC(C)(Cc1ccccc1)C(N)=O. The van der Waals surface area contributed by atoms with Crippen molar-refractivity contribution < 1.29 is 24.0 Å². The van der Waals surface area contributed by atoms with Crippen molar-refractivity contribution in [3.8, 4) is 0 Å². The number of amides is 5. The summed E-state index contributed by atoms with van der Waals surface area (Å²) in [6, 6.07) is 6.88. The fraction of sp³-hybridized carbons (Fsp3) is 0.536. The first-order chi connectivity index (χ1) is 20.5. The van der Waals surface area contributed by atoms with Gasteiger partial charge in [-0.05, 0) is 52.0 Å². The third-order valence-electron chi connectivity index (χ3n) is 6.55. The molecule has 0 aliphatic carbocycles. The molecule has 1 rings (SSSR count). The molecule has 0 saturated carbocycles. The molecule has 0 aliphatic heterocycles. The summed E-state index contributed by atoms with van der Waals surface area (Å²) in [4.78, 5) is 72.0. The number of nitrogens with one attached hydrogen (secondary N) is 4. The largest absolute Gasteiger partial charge is 0.370 e. The number of guanidine groups is 2. The van der Waals surface area contributed by atoms with Crippen molar-refractivity contribution in [1.82, 2.24) is 21.3 Å². The summed E-state index contributed by atoms with van der Waals surface area (Å²) in [5.74, 6) is -3.43. The first-order valence-electron chi connectivity index (χ1n) is 14.1. The van der Waals surface area contributed by atoms with Gasteiger partial charge in [0, 0.05) is 26.4 Å². The molecule has 244 valence electrons. The number of rotatable bonds is 18. The molecule has 0 radical (unpaired) electrons. The monoisotopic (exact) mass is 617 g/mol. The minimum absolute atomic E-state index is 0.0951. The Kier molecular flexibility index (Phi) is 14.6. The Bertz CT molecular complexity index is 1210. The van der Waals surface area contributed by atoms with Crippen molar-refractivity contribution in [1.29, 1.82) is 0 Å². The van der Waals surface area contributed by atoms with Crippen molar-refractivity contribution in [2.45, 2.75) is 83.0 Å². The molecule has 0 heterocycles. The van der Waals surface area contributed by atoms with Gasteiger partial charge in [0.2, 0.25) is 29.5 Å². The van der Waals surface area contributed by atoms with Gasteiger partial charge >= 0.3 is 0 Å². The lowest BCUT2D eigenvalue weighted by Gasteiger charge is -2.32. The van der Waals surface area contributed by atoms with Crippen molar-refractivity contribution in [2.24, 2.45) is 38.7 Å². The van der Waals surface area contributed by atoms with Gasteiger partial charge in [0.25, 0.3) is 0 Å². The molecule has 0 aliphatic rings. The highest BCUT2D eigenvalue weighted by Crippen LogP contribution is 2.15. The van der Waals surface area contributed by atoms with E-state index in [1.54, 1.807) is 24.3 Å². The molecular formula is C28H47N11O5. The van der Waals surface area contributed by atoms with Crippen LogP contribution < -0.4 is 49.9 Å². The van der Waals surface area contributed by atoms with Crippen LogP contribution in [0, 0.1) is 0 Å².